The number of aromatic nitrogens is 2. The van der Waals surface area contributed by atoms with Crippen LogP contribution in [0.2, 0.25) is 5.02 Å². The molecule has 1 fully saturated rings. The number of para-hydroxylation sites is 1. The highest BCUT2D eigenvalue weighted by Crippen LogP contribution is 2.24. The second kappa shape index (κ2) is 9.15. The van der Waals surface area contributed by atoms with Crippen molar-refractivity contribution in [2.75, 3.05) is 32.8 Å². The summed E-state index contributed by atoms with van der Waals surface area (Å²) in [6.07, 6.45) is 0.910. The zero-order valence-electron chi connectivity index (χ0n) is 16.5. The summed E-state index contributed by atoms with van der Waals surface area (Å²) in [7, 11) is -3.62. The Kier molecular flexibility index (Phi) is 6.81. The first-order chi connectivity index (χ1) is 13.8. The van der Waals surface area contributed by atoms with Gasteiger partial charge < -0.3 is 9.64 Å². The molecule has 0 saturated carbocycles. The van der Waals surface area contributed by atoms with Crippen molar-refractivity contribution in [1.82, 2.24) is 19.4 Å². The van der Waals surface area contributed by atoms with E-state index in [-0.39, 0.29) is 23.9 Å². The van der Waals surface area contributed by atoms with Gasteiger partial charge in [0.15, 0.2) is 0 Å². The van der Waals surface area contributed by atoms with E-state index in [0.29, 0.717) is 54.7 Å². The number of sulfonamides is 1. The van der Waals surface area contributed by atoms with Crippen LogP contribution >= 0.6 is 11.6 Å². The lowest BCUT2D eigenvalue weighted by atomic mass is 10.2. The minimum absolute atomic E-state index is 0.000443. The number of amides is 1. The van der Waals surface area contributed by atoms with Crippen molar-refractivity contribution in [3.63, 3.8) is 0 Å². The molecule has 1 aromatic carbocycles. The number of nitrogens with zero attached hydrogens (tertiary/aromatic N) is 3. The van der Waals surface area contributed by atoms with E-state index >= 15 is 0 Å². The third-order valence-corrected chi connectivity index (χ3v) is 7.35. The molecule has 10 heteroatoms. The number of benzene rings is 1. The Hall–Kier alpha value is -2.10. The Bertz CT molecular complexity index is 949. The Morgan fingerprint density at radius 1 is 1.21 bits per heavy atom. The highest BCUT2D eigenvalue weighted by atomic mass is 35.5. The molecule has 29 heavy (non-hydrogen) atoms. The largest absolute Gasteiger partial charge is 0.492 e. The van der Waals surface area contributed by atoms with E-state index in [4.69, 9.17) is 16.3 Å². The first-order valence-corrected chi connectivity index (χ1v) is 11.3. The topological polar surface area (TPSA) is 95.6 Å². The molecule has 0 atom stereocenters. The van der Waals surface area contributed by atoms with Crippen LogP contribution in [0, 0.1) is 13.8 Å². The third kappa shape index (κ3) is 4.91. The van der Waals surface area contributed by atoms with E-state index in [0.717, 1.165) is 0 Å². The molecule has 0 aliphatic carbocycles. The van der Waals surface area contributed by atoms with Gasteiger partial charge in [-0.1, -0.05) is 23.7 Å². The van der Waals surface area contributed by atoms with Crippen molar-refractivity contribution in [2.45, 2.75) is 31.6 Å². The van der Waals surface area contributed by atoms with Crippen molar-refractivity contribution >= 4 is 27.5 Å². The highest BCUT2D eigenvalue weighted by molar-refractivity contribution is 7.89. The fourth-order valence-electron chi connectivity index (χ4n) is 3.35. The summed E-state index contributed by atoms with van der Waals surface area (Å²) in [4.78, 5) is 14.4. The summed E-state index contributed by atoms with van der Waals surface area (Å²) >= 11 is 6.03. The lowest BCUT2D eigenvalue weighted by molar-refractivity contribution is -0.132. The molecule has 158 valence electrons. The molecule has 1 N–H and O–H groups in total. The number of aryl methyl sites for hydroxylation is 2. The van der Waals surface area contributed by atoms with Gasteiger partial charge in [-0.25, -0.2) is 8.42 Å². The Morgan fingerprint density at radius 3 is 2.52 bits per heavy atom. The number of hydrogen-bond acceptors (Lipinski definition) is 5. The maximum absolute atomic E-state index is 12.9. The van der Waals surface area contributed by atoms with Gasteiger partial charge in [-0.05, 0) is 32.4 Å². The van der Waals surface area contributed by atoms with Crippen LogP contribution in [-0.2, 0) is 14.8 Å². The molecule has 1 amide bonds. The van der Waals surface area contributed by atoms with Crippen molar-refractivity contribution in [3.8, 4) is 5.75 Å². The molecule has 1 aliphatic rings. The highest BCUT2D eigenvalue weighted by Gasteiger charge is 2.33. The number of rotatable bonds is 7. The van der Waals surface area contributed by atoms with Crippen LogP contribution in [0.15, 0.2) is 29.2 Å². The lowest BCUT2D eigenvalue weighted by Crippen LogP contribution is -2.50. The standard InChI is InChI=1S/C19H25ClN4O4S/c1-14-19(15(2)22-21-14)29(26,27)24-11-9-23(10-12-24)18(25)8-5-13-28-17-7-4-3-6-16(17)20/h3-4,6-7H,5,8-13H2,1-2H3,(H,21,22). The summed E-state index contributed by atoms with van der Waals surface area (Å²) in [5, 5.41) is 7.23. The minimum Gasteiger partial charge on any atom is -0.492 e. The number of H-pyrrole nitrogens is 1. The lowest BCUT2D eigenvalue weighted by Gasteiger charge is -2.34. The van der Waals surface area contributed by atoms with Gasteiger partial charge in [0.1, 0.15) is 10.6 Å². The number of piperazine rings is 1. The molecule has 1 aromatic heterocycles. The molecular formula is C19H25ClN4O4S. The Labute approximate surface area is 175 Å². The second-order valence-electron chi connectivity index (χ2n) is 6.93. The molecule has 0 radical (unpaired) electrons. The van der Waals surface area contributed by atoms with Gasteiger partial charge in [-0.2, -0.15) is 9.40 Å². The molecule has 0 spiro atoms. The average molecular weight is 441 g/mol. The zero-order chi connectivity index (χ0) is 21.0. The van der Waals surface area contributed by atoms with Crippen LogP contribution in [-0.4, -0.2) is 66.5 Å². The number of carbonyl (C=O) groups is 1. The molecule has 2 heterocycles. The van der Waals surface area contributed by atoms with Crippen LogP contribution in [0.4, 0.5) is 0 Å². The SMILES string of the molecule is Cc1n[nH]c(C)c1S(=O)(=O)N1CCN(C(=O)CCCOc2ccccc2Cl)CC1. The fraction of sp³-hybridized carbons (Fsp3) is 0.474. The zero-order valence-corrected chi connectivity index (χ0v) is 18.1. The number of ether oxygens (including phenoxy) is 1. The number of hydrogen-bond donors (Lipinski definition) is 1. The average Bonchev–Trinajstić information content (AvgIpc) is 3.05. The van der Waals surface area contributed by atoms with E-state index < -0.39 is 10.0 Å². The third-order valence-electron chi connectivity index (χ3n) is 4.88. The molecule has 1 saturated heterocycles. The molecule has 2 aromatic rings. The normalized spacial score (nSPS) is 15.5. The number of halogens is 1. The van der Waals surface area contributed by atoms with Crippen LogP contribution in [0.1, 0.15) is 24.2 Å². The van der Waals surface area contributed by atoms with Crippen molar-refractivity contribution in [2.24, 2.45) is 0 Å². The molecule has 8 nitrogen and oxygen atoms in total. The first kappa shape index (κ1) is 21.6. The minimum atomic E-state index is -3.62. The smallest absolute Gasteiger partial charge is 0.246 e. The van der Waals surface area contributed by atoms with Gasteiger partial charge in [0.25, 0.3) is 0 Å². The summed E-state index contributed by atoms with van der Waals surface area (Å²) in [5.74, 6) is 0.603. The van der Waals surface area contributed by atoms with E-state index in [1.54, 1.807) is 30.9 Å². The predicted molar refractivity (Wildman–Crippen MR) is 110 cm³/mol. The van der Waals surface area contributed by atoms with Crippen LogP contribution in [0.25, 0.3) is 0 Å². The van der Waals surface area contributed by atoms with E-state index in [1.807, 2.05) is 12.1 Å². The van der Waals surface area contributed by atoms with E-state index in [9.17, 15) is 13.2 Å². The van der Waals surface area contributed by atoms with Gasteiger partial charge in [-0.15, -0.1) is 0 Å². The predicted octanol–water partition coefficient (Wildman–Crippen LogP) is 2.37. The quantitative estimate of drug-likeness (QED) is 0.667. The van der Waals surface area contributed by atoms with Crippen LogP contribution in [0.3, 0.4) is 0 Å². The molecule has 1 aliphatic heterocycles. The Morgan fingerprint density at radius 2 is 1.90 bits per heavy atom. The van der Waals surface area contributed by atoms with Gasteiger partial charge in [-0.3, -0.25) is 9.89 Å². The van der Waals surface area contributed by atoms with Crippen LogP contribution < -0.4 is 4.74 Å². The molecule has 3 rings (SSSR count). The number of aromatic amines is 1. The Balaban J connectivity index is 1.46. The first-order valence-electron chi connectivity index (χ1n) is 9.47. The van der Waals surface area contributed by atoms with Gasteiger partial charge in [0.2, 0.25) is 15.9 Å². The summed E-state index contributed by atoms with van der Waals surface area (Å²) in [6, 6.07) is 7.20. The molecule has 0 bridgehead atoms. The fourth-order valence-corrected chi connectivity index (χ4v) is 5.30. The summed E-state index contributed by atoms with van der Waals surface area (Å²) in [6.45, 7) is 5.04. The van der Waals surface area contributed by atoms with E-state index in [2.05, 4.69) is 10.2 Å². The maximum atomic E-state index is 12.9. The van der Waals surface area contributed by atoms with Crippen molar-refractivity contribution < 1.29 is 17.9 Å². The molecule has 0 unspecified atom stereocenters. The number of carbonyl (C=O) groups excluding carboxylic acids is 1. The van der Waals surface area contributed by atoms with Gasteiger partial charge in [0, 0.05) is 32.6 Å². The monoisotopic (exact) mass is 440 g/mol. The number of nitrogens with one attached hydrogen (secondary N) is 1. The molecular weight excluding hydrogens is 416 g/mol. The van der Waals surface area contributed by atoms with Gasteiger partial charge >= 0.3 is 0 Å². The second-order valence-corrected chi connectivity index (χ2v) is 9.21. The maximum Gasteiger partial charge on any atom is 0.246 e. The van der Waals surface area contributed by atoms with E-state index in [1.165, 1.54) is 4.31 Å². The van der Waals surface area contributed by atoms with Gasteiger partial charge in [0.05, 0.1) is 23.0 Å². The van der Waals surface area contributed by atoms with Crippen molar-refractivity contribution in [3.05, 3.63) is 40.7 Å². The summed E-state index contributed by atoms with van der Waals surface area (Å²) < 4.78 is 32.8. The summed E-state index contributed by atoms with van der Waals surface area (Å²) in [5.41, 5.74) is 0.985. The van der Waals surface area contributed by atoms with Crippen LogP contribution in [0.5, 0.6) is 5.75 Å². The van der Waals surface area contributed by atoms with Crippen molar-refractivity contribution in [1.29, 1.82) is 0 Å².